The number of aliphatic hydroxyl groups is 1. The number of rotatable bonds is 2. The zero-order chi connectivity index (χ0) is 9.80. The lowest BCUT2D eigenvalue weighted by Crippen LogP contribution is -2.30. The molecule has 76 valence electrons. The van der Waals surface area contributed by atoms with Gasteiger partial charge in [-0.2, -0.15) is 0 Å². The molecule has 2 N–H and O–H groups in total. The van der Waals surface area contributed by atoms with Gasteiger partial charge in [0, 0.05) is 18.4 Å². The Morgan fingerprint density at radius 2 is 2.07 bits per heavy atom. The van der Waals surface area contributed by atoms with Crippen molar-refractivity contribution in [2.45, 2.75) is 37.8 Å². The molecule has 1 fully saturated rings. The molecule has 0 saturated heterocycles. The molecule has 0 spiro atoms. The van der Waals surface area contributed by atoms with Gasteiger partial charge in [0.1, 0.15) is 0 Å². The minimum Gasteiger partial charge on any atom is -0.393 e. The summed E-state index contributed by atoms with van der Waals surface area (Å²) in [6.45, 7) is 0. The smallest absolute Gasteiger partial charge is 0.222 e. The first-order chi connectivity index (χ1) is 6.84. The van der Waals surface area contributed by atoms with Gasteiger partial charge in [-0.15, -0.1) is 0 Å². The molecule has 0 bridgehead atoms. The maximum absolute atomic E-state index is 9.48. The van der Waals surface area contributed by atoms with Crippen LogP contribution < -0.4 is 5.32 Å². The molecule has 4 nitrogen and oxygen atoms in total. The normalized spacial score (nSPS) is 27.2. The highest BCUT2D eigenvalue weighted by Crippen LogP contribution is 2.20. The Labute approximate surface area is 83.4 Å². The second-order valence-electron chi connectivity index (χ2n) is 3.73. The summed E-state index contributed by atoms with van der Waals surface area (Å²) in [6, 6.07) is 2.11. The molecule has 0 aliphatic heterocycles. The molecule has 0 amide bonds. The number of anilines is 1. The highest BCUT2D eigenvalue weighted by molar-refractivity contribution is 5.24. The fourth-order valence-electron chi connectivity index (χ4n) is 1.85. The zero-order valence-corrected chi connectivity index (χ0v) is 8.06. The van der Waals surface area contributed by atoms with E-state index in [1.54, 1.807) is 18.5 Å². The lowest BCUT2D eigenvalue weighted by Gasteiger charge is -2.26. The van der Waals surface area contributed by atoms with Gasteiger partial charge >= 0.3 is 0 Å². The van der Waals surface area contributed by atoms with Gasteiger partial charge in [0.25, 0.3) is 0 Å². The van der Waals surface area contributed by atoms with Crippen LogP contribution in [0.3, 0.4) is 0 Å². The second-order valence-corrected chi connectivity index (χ2v) is 3.73. The highest BCUT2D eigenvalue weighted by atomic mass is 16.3. The van der Waals surface area contributed by atoms with Crippen molar-refractivity contribution < 1.29 is 5.11 Å². The summed E-state index contributed by atoms with van der Waals surface area (Å²) >= 11 is 0. The lowest BCUT2D eigenvalue weighted by atomic mass is 9.93. The Morgan fingerprint density at radius 1 is 1.29 bits per heavy atom. The second kappa shape index (κ2) is 4.37. The van der Waals surface area contributed by atoms with E-state index in [9.17, 15) is 5.11 Å². The quantitative estimate of drug-likeness (QED) is 0.740. The number of nitrogens with one attached hydrogen (secondary N) is 1. The minimum absolute atomic E-state index is 0.162. The van der Waals surface area contributed by atoms with Gasteiger partial charge in [0.05, 0.1) is 6.10 Å². The van der Waals surface area contributed by atoms with Crippen LogP contribution in [-0.2, 0) is 0 Å². The Bertz CT molecular complexity index is 278. The first-order valence-corrected chi connectivity index (χ1v) is 5.06. The largest absolute Gasteiger partial charge is 0.393 e. The van der Waals surface area contributed by atoms with Crippen LogP contribution in [0.5, 0.6) is 0 Å². The van der Waals surface area contributed by atoms with Crippen molar-refractivity contribution in [3.63, 3.8) is 0 Å². The number of hydrogen-bond acceptors (Lipinski definition) is 4. The van der Waals surface area contributed by atoms with Crippen molar-refractivity contribution in [2.24, 2.45) is 0 Å². The van der Waals surface area contributed by atoms with E-state index in [0.717, 1.165) is 25.7 Å². The third-order valence-corrected chi connectivity index (χ3v) is 2.55. The highest BCUT2D eigenvalue weighted by Gasteiger charge is 2.20. The van der Waals surface area contributed by atoms with Crippen LogP contribution >= 0.6 is 0 Å². The Hall–Kier alpha value is -1.16. The van der Waals surface area contributed by atoms with E-state index in [1.165, 1.54) is 0 Å². The zero-order valence-electron chi connectivity index (χ0n) is 8.06. The molecule has 1 saturated carbocycles. The van der Waals surface area contributed by atoms with Crippen LogP contribution in [0.2, 0.25) is 0 Å². The fraction of sp³-hybridized carbons (Fsp3) is 0.600. The molecule has 1 aromatic rings. The molecular weight excluding hydrogens is 178 g/mol. The van der Waals surface area contributed by atoms with Gasteiger partial charge in [0.15, 0.2) is 0 Å². The van der Waals surface area contributed by atoms with E-state index in [2.05, 4.69) is 15.3 Å². The van der Waals surface area contributed by atoms with Crippen molar-refractivity contribution >= 4 is 5.95 Å². The van der Waals surface area contributed by atoms with Crippen LogP contribution in [0.25, 0.3) is 0 Å². The summed E-state index contributed by atoms with van der Waals surface area (Å²) in [6.07, 6.45) is 7.17. The summed E-state index contributed by atoms with van der Waals surface area (Å²) in [4.78, 5) is 8.19. The Kier molecular flexibility index (Phi) is 2.93. The monoisotopic (exact) mass is 193 g/mol. The molecule has 1 aliphatic rings. The predicted octanol–water partition coefficient (Wildman–Crippen LogP) is 1.19. The van der Waals surface area contributed by atoms with E-state index in [0.29, 0.717) is 12.0 Å². The maximum atomic E-state index is 9.48. The number of aromatic nitrogens is 2. The van der Waals surface area contributed by atoms with Crippen LogP contribution in [0.4, 0.5) is 5.95 Å². The average molecular weight is 193 g/mol. The molecule has 0 radical (unpaired) electrons. The maximum Gasteiger partial charge on any atom is 0.222 e. The van der Waals surface area contributed by atoms with E-state index in [-0.39, 0.29) is 6.10 Å². The lowest BCUT2D eigenvalue weighted by molar-refractivity contribution is 0.124. The summed E-state index contributed by atoms with van der Waals surface area (Å²) in [5, 5.41) is 12.7. The summed E-state index contributed by atoms with van der Waals surface area (Å²) in [5.74, 6) is 0.659. The molecule has 0 unspecified atom stereocenters. The molecule has 4 heteroatoms. The van der Waals surface area contributed by atoms with Gasteiger partial charge in [-0.25, -0.2) is 9.97 Å². The van der Waals surface area contributed by atoms with Gasteiger partial charge in [-0.05, 0) is 31.7 Å². The molecule has 14 heavy (non-hydrogen) atoms. The molecule has 1 aromatic heterocycles. The Morgan fingerprint density at radius 3 is 2.79 bits per heavy atom. The first-order valence-electron chi connectivity index (χ1n) is 5.06. The molecule has 0 aromatic carbocycles. The number of nitrogens with zero attached hydrogens (tertiary/aromatic N) is 2. The summed E-state index contributed by atoms with van der Waals surface area (Å²) < 4.78 is 0. The van der Waals surface area contributed by atoms with E-state index < -0.39 is 0 Å². The van der Waals surface area contributed by atoms with Gasteiger partial charge in [-0.3, -0.25) is 0 Å². The minimum atomic E-state index is -0.162. The molecule has 2 atom stereocenters. The van der Waals surface area contributed by atoms with Crippen LogP contribution in [0.15, 0.2) is 18.5 Å². The number of aliphatic hydroxyl groups excluding tert-OH is 1. The summed E-state index contributed by atoms with van der Waals surface area (Å²) in [5.41, 5.74) is 0. The van der Waals surface area contributed by atoms with E-state index in [1.807, 2.05) is 0 Å². The van der Waals surface area contributed by atoms with Crippen molar-refractivity contribution in [1.82, 2.24) is 9.97 Å². The number of hydrogen-bond donors (Lipinski definition) is 2. The molecule has 2 rings (SSSR count). The third-order valence-electron chi connectivity index (χ3n) is 2.55. The summed E-state index contributed by atoms with van der Waals surface area (Å²) in [7, 11) is 0. The van der Waals surface area contributed by atoms with Crippen molar-refractivity contribution in [2.75, 3.05) is 5.32 Å². The Balaban J connectivity index is 1.91. The average Bonchev–Trinajstić information content (AvgIpc) is 2.19. The van der Waals surface area contributed by atoms with Crippen molar-refractivity contribution in [3.8, 4) is 0 Å². The molecule has 1 heterocycles. The van der Waals surface area contributed by atoms with Crippen LogP contribution in [0.1, 0.15) is 25.7 Å². The SMILES string of the molecule is O[C@@H]1CCC[C@H](Nc2ncccn2)C1. The standard InChI is InChI=1S/C10H15N3O/c14-9-4-1-3-8(7-9)13-10-11-5-2-6-12-10/h2,5-6,8-9,14H,1,3-4,7H2,(H,11,12,13)/t8-,9+/m0/s1. The van der Waals surface area contributed by atoms with Crippen LogP contribution in [-0.4, -0.2) is 27.2 Å². The van der Waals surface area contributed by atoms with Gasteiger partial charge in [-0.1, -0.05) is 0 Å². The molecule has 1 aliphatic carbocycles. The van der Waals surface area contributed by atoms with Crippen molar-refractivity contribution in [3.05, 3.63) is 18.5 Å². The molecular formula is C10H15N3O. The fourth-order valence-corrected chi connectivity index (χ4v) is 1.85. The topological polar surface area (TPSA) is 58.0 Å². The van der Waals surface area contributed by atoms with Gasteiger partial charge < -0.3 is 10.4 Å². The van der Waals surface area contributed by atoms with Gasteiger partial charge in [0.2, 0.25) is 5.95 Å². The van der Waals surface area contributed by atoms with Crippen molar-refractivity contribution in [1.29, 1.82) is 0 Å². The van der Waals surface area contributed by atoms with Crippen LogP contribution in [0, 0.1) is 0 Å². The predicted molar refractivity (Wildman–Crippen MR) is 53.9 cm³/mol. The third kappa shape index (κ3) is 2.42. The van der Waals surface area contributed by atoms with E-state index in [4.69, 9.17) is 0 Å². The first kappa shape index (κ1) is 9.40. The van der Waals surface area contributed by atoms with E-state index >= 15 is 0 Å².